The summed E-state index contributed by atoms with van der Waals surface area (Å²) < 4.78 is 0. The summed E-state index contributed by atoms with van der Waals surface area (Å²) in [5, 5.41) is 3.54. The van der Waals surface area contributed by atoms with Crippen LogP contribution in [-0.4, -0.2) is 37.1 Å². The molecule has 0 unspecified atom stereocenters. The zero-order valence-corrected chi connectivity index (χ0v) is 8.09. The average molecular weight is 156 g/mol. The molecule has 1 rings (SSSR count). The normalized spacial score (nSPS) is 31.1. The predicted molar refractivity (Wildman–Crippen MR) is 48.8 cm³/mol. The third kappa shape index (κ3) is 2.46. The second kappa shape index (κ2) is 3.55. The van der Waals surface area contributed by atoms with Gasteiger partial charge < -0.3 is 10.2 Å². The number of nitrogens with zero attached hydrogens (tertiary/aromatic N) is 1. The van der Waals surface area contributed by atoms with Gasteiger partial charge in [-0.2, -0.15) is 0 Å². The van der Waals surface area contributed by atoms with Gasteiger partial charge in [0, 0.05) is 18.1 Å². The van der Waals surface area contributed by atoms with E-state index >= 15 is 0 Å². The third-order valence-electron chi connectivity index (χ3n) is 2.41. The van der Waals surface area contributed by atoms with Crippen LogP contribution >= 0.6 is 0 Å². The highest BCUT2D eigenvalue weighted by Crippen LogP contribution is 2.23. The lowest BCUT2D eigenvalue weighted by Gasteiger charge is -2.41. The summed E-state index contributed by atoms with van der Waals surface area (Å²) in [6, 6.07) is 2.25. The topological polar surface area (TPSA) is 15.3 Å². The first-order valence-electron chi connectivity index (χ1n) is 4.52. The monoisotopic (exact) mass is 156 g/mol. The fraction of sp³-hybridized carbons (Fsp3) is 1.00. The quantitative estimate of drug-likeness (QED) is 0.657. The maximum absolute atomic E-state index is 3.54. The van der Waals surface area contributed by atoms with Gasteiger partial charge in [-0.05, 0) is 26.9 Å². The largest absolute Gasteiger partial charge is 0.312 e. The smallest absolute Gasteiger partial charge is 0.0119 e. The van der Waals surface area contributed by atoms with E-state index in [1.807, 2.05) is 0 Å². The summed E-state index contributed by atoms with van der Waals surface area (Å²) in [6.45, 7) is 4.42. The van der Waals surface area contributed by atoms with Crippen LogP contribution in [-0.2, 0) is 0 Å². The highest BCUT2D eigenvalue weighted by Gasteiger charge is 2.30. The van der Waals surface area contributed by atoms with Crippen molar-refractivity contribution in [1.82, 2.24) is 10.2 Å². The number of hydrogen-bond acceptors (Lipinski definition) is 2. The van der Waals surface area contributed by atoms with E-state index in [1.54, 1.807) is 0 Å². The minimum atomic E-state index is 0.642. The molecule has 66 valence electrons. The van der Waals surface area contributed by atoms with E-state index in [2.05, 4.69) is 38.2 Å². The molecule has 0 bridgehead atoms. The molecule has 0 aromatic heterocycles. The lowest BCUT2D eigenvalue weighted by Crippen LogP contribution is -2.51. The van der Waals surface area contributed by atoms with E-state index in [4.69, 9.17) is 0 Å². The Kier molecular flexibility index (Phi) is 2.90. The van der Waals surface area contributed by atoms with E-state index in [-0.39, 0.29) is 0 Å². The Morgan fingerprint density at radius 1 is 1.27 bits per heavy atom. The van der Waals surface area contributed by atoms with Crippen LogP contribution < -0.4 is 5.32 Å². The van der Waals surface area contributed by atoms with Crippen molar-refractivity contribution >= 4 is 0 Å². The van der Waals surface area contributed by atoms with Crippen LogP contribution in [0.1, 0.15) is 26.7 Å². The maximum Gasteiger partial charge on any atom is 0.0119 e. The van der Waals surface area contributed by atoms with Gasteiger partial charge in [0.25, 0.3) is 0 Å². The number of hydrogen-bond donors (Lipinski definition) is 1. The highest BCUT2D eigenvalue weighted by molar-refractivity contribution is 4.90. The van der Waals surface area contributed by atoms with E-state index < -0.39 is 0 Å². The van der Waals surface area contributed by atoms with Gasteiger partial charge in [-0.1, -0.05) is 13.8 Å². The van der Waals surface area contributed by atoms with Gasteiger partial charge in [0.2, 0.25) is 0 Å². The lowest BCUT2D eigenvalue weighted by molar-refractivity contribution is 0.141. The molecule has 0 aliphatic heterocycles. The Bertz CT molecular complexity index is 115. The molecule has 0 heterocycles. The summed E-state index contributed by atoms with van der Waals surface area (Å²) in [6.07, 6.45) is 2.65. The standard InChI is InChI=1S/C9H20N2/c1-7(2)10-8-5-9(6-8)11(3)4/h7-10H,5-6H2,1-4H3/t8-,9-. The van der Waals surface area contributed by atoms with Gasteiger partial charge in [-0.3, -0.25) is 0 Å². The van der Waals surface area contributed by atoms with Crippen LogP contribution in [0.25, 0.3) is 0 Å². The van der Waals surface area contributed by atoms with Crippen LogP contribution in [0.15, 0.2) is 0 Å². The Labute approximate surface area is 70.0 Å². The molecule has 1 N–H and O–H groups in total. The van der Waals surface area contributed by atoms with Gasteiger partial charge in [-0.15, -0.1) is 0 Å². The Morgan fingerprint density at radius 2 is 1.82 bits per heavy atom. The van der Waals surface area contributed by atoms with Crippen molar-refractivity contribution in [3.05, 3.63) is 0 Å². The second-order valence-electron chi connectivity index (χ2n) is 4.11. The Balaban J connectivity index is 2.09. The zero-order chi connectivity index (χ0) is 8.43. The summed E-state index contributed by atoms with van der Waals surface area (Å²) in [5.41, 5.74) is 0. The zero-order valence-electron chi connectivity index (χ0n) is 8.09. The van der Waals surface area contributed by atoms with E-state index in [0.29, 0.717) is 6.04 Å². The third-order valence-corrected chi connectivity index (χ3v) is 2.41. The molecule has 1 aliphatic rings. The van der Waals surface area contributed by atoms with Gasteiger partial charge >= 0.3 is 0 Å². The molecule has 0 aromatic rings. The van der Waals surface area contributed by atoms with E-state index in [0.717, 1.165) is 12.1 Å². The molecule has 1 aliphatic carbocycles. The molecule has 0 spiro atoms. The average Bonchev–Trinajstić information content (AvgIpc) is 1.75. The summed E-state index contributed by atoms with van der Waals surface area (Å²) in [7, 11) is 4.33. The minimum Gasteiger partial charge on any atom is -0.312 e. The summed E-state index contributed by atoms with van der Waals surface area (Å²) in [5.74, 6) is 0. The van der Waals surface area contributed by atoms with Gasteiger partial charge in [0.15, 0.2) is 0 Å². The van der Waals surface area contributed by atoms with E-state index in [9.17, 15) is 0 Å². The number of rotatable bonds is 3. The molecular weight excluding hydrogens is 136 g/mol. The molecular formula is C9H20N2. The van der Waals surface area contributed by atoms with Gasteiger partial charge in [0.1, 0.15) is 0 Å². The van der Waals surface area contributed by atoms with Gasteiger partial charge in [0.05, 0.1) is 0 Å². The number of nitrogens with one attached hydrogen (secondary N) is 1. The van der Waals surface area contributed by atoms with Crippen molar-refractivity contribution in [2.24, 2.45) is 0 Å². The van der Waals surface area contributed by atoms with Crippen LogP contribution in [0.5, 0.6) is 0 Å². The van der Waals surface area contributed by atoms with Crippen LogP contribution in [0.4, 0.5) is 0 Å². The fourth-order valence-electron chi connectivity index (χ4n) is 1.62. The molecule has 2 nitrogen and oxygen atoms in total. The van der Waals surface area contributed by atoms with Crippen molar-refractivity contribution < 1.29 is 0 Å². The summed E-state index contributed by atoms with van der Waals surface area (Å²) >= 11 is 0. The lowest BCUT2D eigenvalue weighted by atomic mass is 9.85. The minimum absolute atomic E-state index is 0.642. The molecule has 0 atom stereocenters. The molecule has 0 amide bonds. The maximum atomic E-state index is 3.54. The predicted octanol–water partition coefficient (Wildman–Crippen LogP) is 1.08. The van der Waals surface area contributed by atoms with Crippen molar-refractivity contribution in [3.8, 4) is 0 Å². The summed E-state index contributed by atoms with van der Waals surface area (Å²) in [4.78, 5) is 2.32. The van der Waals surface area contributed by atoms with Crippen molar-refractivity contribution in [2.75, 3.05) is 14.1 Å². The van der Waals surface area contributed by atoms with Crippen LogP contribution in [0.3, 0.4) is 0 Å². The Morgan fingerprint density at radius 3 is 2.18 bits per heavy atom. The van der Waals surface area contributed by atoms with Crippen molar-refractivity contribution in [3.63, 3.8) is 0 Å². The first-order valence-corrected chi connectivity index (χ1v) is 4.52. The fourth-order valence-corrected chi connectivity index (χ4v) is 1.62. The van der Waals surface area contributed by atoms with Crippen molar-refractivity contribution in [1.29, 1.82) is 0 Å². The molecule has 1 saturated carbocycles. The molecule has 0 aromatic carbocycles. The highest BCUT2D eigenvalue weighted by atomic mass is 15.1. The first kappa shape index (κ1) is 9.01. The van der Waals surface area contributed by atoms with Crippen molar-refractivity contribution in [2.45, 2.75) is 44.8 Å². The molecule has 11 heavy (non-hydrogen) atoms. The first-order chi connectivity index (χ1) is 5.09. The molecule has 0 saturated heterocycles. The Hall–Kier alpha value is -0.0800. The molecule has 0 radical (unpaired) electrons. The molecule has 1 fully saturated rings. The second-order valence-corrected chi connectivity index (χ2v) is 4.11. The molecule has 2 heteroatoms. The van der Waals surface area contributed by atoms with Gasteiger partial charge in [-0.25, -0.2) is 0 Å². The van der Waals surface area contributed by atoms with E-state index in [1.165, 1.54) is 12.8 Å². The SMILES string of the molecule is CC(C)N[C@H]1C[C@H](N(C)C)C1. The van der Waals surface area contributed by atoms with Crippen LogP contribution in [0, 0.1) is 0 Å². The van der Waals surface area contributed by atoms with Crippen LogP contribution in [0.2, 0.25) is 0 Å².